The summed E-state index contributed by atoms with van der Waals surface area (Å²) >= 11 is 7.73. The van der Waals surface area contributed by atoms with E-state index in [1.807, 2.05) is 37.3 Å². The van der Waals surface area contributed by atoms with Crippen molar-refractivity contribution in [3.8, 4) is 0 Å². The second-order valence-corrected chi connectivity index (χ2v) is 13.6. The lowest BCUT2D eigenvalue weighted by molar-refractivity contribution is -0.119. The fourth-order valence-corrected chi connectivity index (χ4v) is 5.65. The zero-order chi connectivity index (χ0) is 28.4. The highest BCUT2D eigenvalue weighted by Gasteiger charge is 2.32. The summed E-state index contributed by atoms with van der Waals surface area (Å²) in [5.41, 5.74) is -1.01. The molecule has 0 aliphatic heterocycles. The molecule has 0 aliphatic carbocycles. The number of carbonyl (C=O) groups is 1. The summed E-state index contributed by atoms with van der Waals surface area (Å²) in [5.74, 6) is 0.0756. The Bertz CT molecular complexity index is 1200. The van der Waals surface area contributed by atoms with Crippen molar-refractivity contribution in [3.05, 3.63) is 69.0 Å². The minimum absolute atomic E-state index is 0.00508. The standard InChI is InChI=1S/C25H37ClN3O7PS/c1-19(25(4,26)17-29-12-10-21(31)28-23(29)33)11-13-35-37(34,27-16-20-8-6-5-7-9-20)36-14-15-38-22(32)24(2,3)18-30/h5-10,12,19,30H,11,13-18H2,1-4H3,(H,27,34)(H,28,31,33)/t19-,25+,37-/m1/s1. The number of aromatic nitrogens is 2. The number of thioether (sulfide) groups is 1. The summed E-state index contributed by atoms with van der Waals surface area (Å²) < 4.78 is 26.1. The Kier molecular flexibility index (Phi) is 12.5. The number of nitrogens with one attached hydrogen (secondary N) is 2. The first-order valence-corrected chi connectivity index (χ1v) is 15.1. The number of H-pyrrole nitrogens is 1. The van der Waals surface area contributed by atoms with Gasteiger partial charge in [0.15, 0.2) is 5.12 Å². The van der Waals surface area contributed by atoms with Gasteiger partial charge in [0.1, 0.15) is 0 Å². The molecule has 0 spiro atoms. The lowest BCUT2D eigenvalue weighted by Crippen LogP contribution is -2.38. The first-order valence-electron chi connectivity index (χ1n) is 12.2. The molecule has 1 aromatic heterocycles. The second kappa shape index (κ2) is 14.6. The fraction of sp³-hybridized carbons (Fsp3) is 0.560. The molecule has 0 aliphatic rings. The maximum absolute atomic E-state index is 13.5. The zero-order valence-corrected chi connectivity index (χ0v) is 24.6. The summed E-state index contributed by atoms with van der Waals surface area (Å²) in [6.45, 7) is 7.16. The van der Waals surface area contributed by atoms with Crippen molar-refractivity contribution in [2.45, 2.75) is 52.1 Å². The van der Waals surface area contributed by atoms with Crippen LogP contribution in [0, 0.1) is 11.3 Å². The van der Waals surface area contributed by atoms with Gasteiger partial charge >= 0.3 is 13.4 Å². The van der Waals surface area contributed by atoms with Crippen LogP contribution in [0.25, 0.3) is 0 Å². The lowest BCUT2D eigenvalue weighted by Gasteiger charge is -2.30. The Balaban J connectivity index is 1.97. The summed E-state index contributed by atoms with van der Waals surface area (Å²) in [5, 5.41) is 12.0. The highest BCUT2D eigenvalue weighted by molar-refractivity contribution is 8.13. The SMILES string of the molecule is C[C@H](CCO[P@](=O)(NCc1ccccc1)OCCSC(=O)C(C)(C)CO)[C@@](C)(Cl)Cn1ccc(=O)[nH]c1=O. The van der Waals surface area contributed by atoms with Crippen molar-refractivity contribution < 1.29 is 23.5 Å². The third-order valence-electron chi connectivity index (χ3n) is 6.06. The van der Waals surface area contributed by atoms with Gasteiger partial charge in [0.25, 0.3) is 5.56 Å². The summed E-state index contributed by atoms with van der Waals surface area (Å²) in [6, 6.07) is 10.6. The summed E-state index contributed by atoms with van der Waals surface area (Å²) in [7, 11) is -3.74. The third kappa shape index (κ3) is 10.4. The van der Waals surface area contributed by atoms with Crippen LogP contribution in [0.4, 0.5) is 0 Å². The normalized spacial score (nSPS) is 15.9. The van der Waals surface area contributed by atoms with E-state index in [1.54, 1.807) is 20.8 Å². The molecular formula is C25H37ClN3O7PS. The van der Waals surface area contributed by atoms with Crippen LogP contribution in [0.1, 0.15) is 39.7 Å². The van der Waals surface area contributed by atoms with Crippen molar-refractivity contribution in [2.75, 3.05) is 25.6 Å². The van der Waals surface area contributed by atoms with Crippen molar-refractivity contribution in [3.63, 3.8) is 0 Å². The number of aliphatic hydroxyl groups excluding tert-OH is 1. The van der Waals surface area contributed by atoms with E-state index < -0.39 is 29.3 Å². The molecule has 0 unspecified atom stereocenters. The molecule has 0 fully saturated rings. The number of aromatic amines is 1. The van der Waals surface area contributed by atoms with E-state index in [0.29, 0.717) is 6.42 Å². The number of nitrogens with zero attached hydrogens (tertiary/aromatic N) is 1. The minimum Gasteiger partial charge on any atom is -0.395 e. The Hall–Kier alpha value is -1.72. The topological polar surface area (TPSA) is 140 Å². The molecular weight excluding hydrogens is 553 g/mol. The molecule has 0 bridgehead atoms. The molecule has 0 saturated carbocycles. The monoisotopic (exact) mass is 589 g/mol. The maximum atomic E-state index is 13.5. The third-order valence-corrected chi connectivity index (χ3v) is 9.33. The van der Waals surface area contributed by atoms with E-state index >= 15 is 0 Å². The van der Waals surface area contributed by atoms with E-state index in [2.05, 4.69) is 10.1 Å². The van der Waals surface area contributed by atoms with Gasteiger partial charge in [0.05, 0.1) is 30.1 Å². The van der Waals surface area contributed by atoms with Crippen molar-refractivity contribution in [2.24, 2.45) is 11.3 Å². The van der Waals surface area contributed by atoms with Gasteiger partial charge in [-0.3, -0.25) is 28.2 Å². The largest absolute Gasteiger partial charge is 0.405 e. The van der Waals surface area contributed by atoms with Crippen LogP contribution in [0.15, 0.2) is 52.2 Å². The number of hydrogen-bond donors (Lipinski definition) is 3. The van der Waals surface area contributed by atoms with Crippen molar-refractivity contribution >= 4 is 36.2 Å². The van der Waals surface area contributed by atoms with Crippen LogP contribution in [-0.2, 0) is 31.5 Å². The Morgan fingerprint density at radius 3 is 2.47 bits per heavy atom. The van der Waals surface area contributed by atoms with Crippen molar-refractivity contribution in [1.29, 1.82) is 0 Å². The highest BCUT2D eigenvalue weighted by Crippen LogP contribution is 2.45. The first-order chi connectivity index (χ1) is 17.8. The molecule has 13 heteroatoms. The number of rotatable bonds is 16. The molecule has 1 aromatic carbocycles. The van der Waals surface area contributed by atoms with E-state index in [9.17, 15) is 24.1 Å². The van der Waals surface area contributed by atoms with Crippen molar-refractivity contribution in [1.82, 2.24) is 14.6 Å². The summed E-state index contributed by atoms with van der Waals surface area (Å²) in [4.78, 5) is 36.9. The zero-order valence-electron chi connectivity index (χ0n) is 22.1. The predicted octanol–water partition coefficient (Wildman–Crippen LogP) is 3.77. The molecule has 2 rings (SSSR count). The number of aliphatic hydroxyl groups is 1. The molecule has 2 aromatic rings. The molecule has 3 N–H and O–H groups in total. The van der Waals surface area contributed by atoms with Crippen LogP contribution >= 0.6 is 31.1 Å². The van der Waals surface area contributed by atoms with Crippen LogP contribution in [-0.4, -0.2) is 50.2 Å². The smallest absolute Gasteiger partial charge is 0.395 e. The van der Waals surface area contributed by atoms with E-state index in [0.717, 1.165) is 17.3 Å². The predicted molar refractivity (Wildman–Crippen MR) is 150 cm³/mol. The Morgan fingerprint density at radius 1 is 1.18 bits per heavy atom. The van der Waals surface area contributed by atoms with Crippen LogP contribution in [0.5, 0.6) is 0 Å². The van der Waals surface area contributed by atoms with Crippen LogP contribution in [0.2, 0.25) is 0 Å². The van der Waals surface area contributed by atoms with Gasteiger partial charge in [0.2, 0.25) is 0 Å². The quantitative estimate of drug-likeness (QED) is 0.152. The number of hydrogen-bond acceptors (Lipinski definition) is 8. The molecule has 0 radical (unpaired) electrons. The lowest BCUT2D eigenvalue weighted by atomic mass is 9.92. The van der Waals surface area contributed by atoms with Gasteiger partial charge in [-0.15, -0.1) is 11.6 Å². The van der Waals surface area contributed by atoms with Gasteiger partial charge in [-0.05, 0) is 38.7 Å². The van der Waals surface area contributed by atoms with Crippen LogP contribution < -0.4 is 16.3 Å². The van der Waals surface area contributed by atoms with Gasteiger partial charge in [-0.2, -0.15) is 0 Å². The highest BCUT2D eigenvalue weighted by atomic mass is 35.5. The number of halogens is 1. The Labute approximate surface area is 232 Å². The minimum atomic E-state index is -3.74. The van der Waals surface area contributed by atoms with Crippen LogP contribution in [0.3, 0.4) is 0 Å². The molecule has 0 amide bonds. The molecule has 38 heavy (non-hydrogen) atoms. The molecule has 0 saturated heterocycles. The van der Waals surface area contributed by atoms with E-state index in [1.165, 1.54) is 16.8 Å². The molecule has 212 valence electrons. The van der Waals surface area contributed by atoms with Gasteiger partial charge in [-0.25, -0.2) is 14.4 Å². The van der Waals surface area contributed by atoms with E-state index in [4.69, 9.17) is 20.6 Å². The number of alkyl halides is 1. The van der Waals surface area contributed by atoms with Gasteiger partial charge < -0.3 is 5.11 Å². The first kappa shape index (κ1) is 32.5. The molecule has 10 nitrogen and oxygen atoms in total. The Morgan fingerprint density at radius 2 is 1.84 bits per heavy atom. The maximum Gasteiger partial charge on any atom is 0.405 e. The fourth-order valence-electron chi connectivity index (χ4n) is 3.17. The second-order valence-electron chi connectivity index (χ2n) is 9.87. The average molecular weight is 590 g/mol. The molecule has 1 heterocycles. The van der Waals surface area contributed by atoms with Gasteiger partial charge in [0, 0.05) is 31.1 Å². The molecule has 3 atom stereocenters. The average Bonchev–Trinajstić information content (AvgIpc) is 2.87. The number of benzene rings is 1. The number of carbonyl (C=O) groups excluding carboxylic acids is 1. The summed E-state index contributed by atoms with van der Waals surface area (Å²) in [6.07, 6.45) is 1.81. The van der Waals surface area contributed by atoms with Gasteiger partial charge in [-0.1, -0.05) is 49.0 Å². The van der Waals surface area contributed by atoms with E-state index in [-0.39, 0.29) is 49.7 Å².